The van der Waals surface area contributed by atoms with Crippen LogP contribution in [0, 0.1) is 0 Å². The van der Waals surface area contributed by atoms with E-state index in [1.165, 1.54) is 0 Å². The molecule has 2 nitrogen and oxygen atoms in total. The summed E-state index contributed by atoms with van der Waals surface area (Å²) in [6.45, 7) is 3.78. The fraction of sp³-hybridized carbons (Fsp3) is 0.800. The minimum absolute atomic E-state index is 0.567. The number of hydrogen-bond donors (Lipinski definition) is 2. The van der Waals surface area contributed by atoms with Crippen LogP contribution in [-0.2, 0) is 0 Å². The second-order valence-electron chi connectivity index (χ2n) is 3.66. The maximum Gasteiger partial charge on any atom is 0.111 e. The summed E-state index contributed by atoms with van der Waals surface area (Å²) in [4.78, 5) is 0. The van der Waals surface area contributed by atoms with Gasteiger partial charge in [-0.25, -0.2) is 0 Å². The highest BCUT2D eigenvalue weighted by Crippen LogP contribution is 2.34. The van der Waals surface area contributed by atoms with Gasteiger partial charge in [0.05, 0.1) is 6.10 Å². The number of hydrogen-bond acceptors (Lipinski definition) is 2. The molecule has 12 heavy (non-hydrogen) atoms. The van der Waals surface area contributed by atoms with E-state index in [-0.39, 0.29) is 0 Å². The lowest BCUT2D eigenvalue weighted by atomic mass is 9.77. The Morgan fingerprint density at radius 2 is 2.17 bits per heavy atom. The summed E-state index contributed by atoms with van der Waals surface area (Å²) in [7, 11) is 0. The predicted octanol–water partition coefficient (Wildman–Crippen LogP) is 1.62. The fourth-order valence-corrected chi connectivity index (χ4v) is 1.85. The molecule has 1 rings (SSSR count). The quantitative estimate of drug-likeness (QED) is 0.587. The third-order valence-electron chi connectivity index (χ3n) is 2.95. The van der Waals surface area contributed by atoms with E-state index in [0.717, 1.165) is 24.8 Å². The Labute approximate surface area is 73.9 Å². The zero-order chi connectivity index (χ0) is 9.19. The van der Waals surface area contributed by atoms with Crippen molar-refractivity contribution < 1.29 is 10.2 Å². The Morgan fingerprint density at radius 1 is 1.50 bits per heavy atom. The average Bonchev–Trinajstić information content (AvgIpc) is 2.09. The molecule has 1 aliphatic carbocycles. The van der Waals surface area contributed by atoms with Gasteiger partial charge in [0.25, 0.3) is 0 Å². The van der Waals surface area contributed by atoms with E-state index < -0.39 is 11.7 Å². The van der Waals surface area contributed by atoms with E-state index in [2.05, 4.69) is 0 Å². The molecule has 2 heteroatoms. The predicted molar refractivity (Wildman–Crippen MR) is 48.9 cm³/mol. The van der Waals surface area contributed by atoms with Crippen molar-refractivity contribution in [3.05, 3.63) is 11.6 Å². The molecule has 0 aromatic heterocycles. The van der Waals surface area contributed by atoms with Crippen molar-refractivity contribution in [1.29, 1.82) is 0 Å². The number of aliphatic hydroxyl groups excluding tert-OH is 1. The van der Waals surface area contributed by atoms with Crippen molar-refractivity contribution in [2.24, 2.45) is 0 Å². The molecule has 0 aromatic carbocycles. The first-order valence-corrected chi connectivity index (χ1v) is 4.65. The normalized spacial score (nSPS) is 38.3. The van der Waals surface area contributed by atoms with Gasteiger partial charge < -0.3 is 10.2 Å². The molecule has 0 spiro atoms. The molecule has 1 aliphatic rings. The van der Waals surface area contributed by atoms with Crippen LogP contribution in [0.4, 0.5) is 0 Å². The van der Waals surface area contributed by atoms with Crippen LogP contribution >= 0.6 is 0 Å². The van der Waals surface area contributed by atoms with Crippen LogP contribution in [0.2, 0.25) is 0 Å². The molecule has 1 fully saturated rings. The maximum absolute atomic E-state index is 10.1. The van der Waals surface area contributed by atoms with Gasteiger partial charge in [0.15, 0.2) is 0 Å². The molecule has 0 amide bonds. The Hall–Kier alpha value is -0.340. The highest BCUT2D eigenvalue weighted by atomic mass is 16.3. The zero-order valence-electron chi connectivity index (χ0n) is 7.88. The molecular formula is C10H18O2. The van der Waals surface area contributed by atoms with E-state index in [0.29, 0.717) is 6.42 Å². The highest BCUT2D eigenvalue weighted by Gasteiger charge is 2.38. The third kappa shape index (κ3) is 1.54. The lowest BCUT2D eigenvalue weighted by molar-refractivity contribution is -0.0734. The van der Waals surface area contributed by atoms with E-state index in [1.54, 1.807) is 0 Å². The first-order chi connectivity index (χ1) is 5.61. The van der Waals surface area contributed by atoms with Crippen LogP contribution in [-0.4, -0.2) is 21.9 Å². The van der Waals surface area contributed by atoms with Gasteiger partial charge in [-0.15, -0.1) is 0 Å². The van der Waals surface area contributed by atoms with Crippen LogP contribution in [0.5, 0.6) is 0 Å². The number of rotatable bonds is 1. The molecule has 0 unspecified atom stereocenters. The Balaban J connectivity index is 2.79. The molecule has 2 atom stereocenters. The van der Waals surface area contributed by atoms with E-state index in [9.17, 15) is 10.2 Å². The third-order valence-corrected chi connectivity index (χ3v) is 2.95. The van der Waals surface area contributed by atoms with Gasteiger partial charge in [-0.2, -0.15) is 0 Å². The van der Waals surface area contributed by atoms with Gasteiger partial charge in [0.2, 0.25) is 0 Å². The van der Waals surface area contributed by atoms with Crippen molar-refractivity contribution in [3.63, 3.8) is 0 Å². The summed E-state index contributed by atoms with van der Waals surface area (Å²) in [6.07, 6.45) is 4.78. The van der Waals surface area contributed by atoms with E-state index in [1.807, 2.05) is 19.9 Å². The molecule has 0 saturated heterocycles. The largest absolute Gasteiger partial charge is 0.390 e. The van der Waals surface area contributed by atoms with Crippen molar-refractivity contribution in [1.82, 2.24) is 0 Å². The molecule has 0 aliphatic heterocycles. The molecule has 0 heterocycles. The van der Waals surface area contributed by atoms with Crippen LogP contribution < -0.4 is 0 Å². The molecule has 0 radical (unpaired) electrons. The van der Waals surface area contributed by atoms with Gasteiger partial charge in [-0.05, 0) is 32.3 Å². The summed E-state index contributed by atoms with van der Waals surface area (Å²) in [5.41, 5.74) is -0.0396. The monoisotopic (exact) mass is 170 g/mol. The van der Waals surface area contributed by atoms with Crippen LogP contribution in [0.3, 0.4) is 0 Å². The summed E-state index contributed by atoms with van der Waals surface area (Å²) >= 11 is 0. The summed E-state index contributed by atoms with van der Waals surface area (Å²) in [5.74, 6) is 0. The SMILES string of the molecule is C/C=C(/C)[C@]1(O)CCCC[C@@H]1O. The standard InChI is InChI=1S/C10H18O2/c1-3-8(2)10(12)7-5-4-6-9(10)11/h3,9,11-12H,4-7H2,1-2H3/b8-3-/t9-,10+/m0/s1. The first-order valence-electron chi connectivity index (χ1n) is 4.65. The van der Waals surface area contributed by atoms with E-state index in [4.69, 9.17) is 0 Å². The lowest BCUT2D eigenvalue weighted by Crippen LogP contribution is -2.45. The second-order valence-corrected chi connectivity index (χ2v) is 3.66. The molecule has 0 bridgehead atoms. The van der Waals surface area contributed by atoms with Crippen LogP contribution in [0.1, 0.15) is 39.5 Å². The number of allylic oxidation sites excluding steroid dienone is 1. The highest BCUT2D eigenvalue weighted by molar-refractivity contribution is 5.17. The van der Waals surface area contributed by atoms with Crippen LogP contribution in [0.15, 0.2) is 11.6 Å². The van der Waals surface area contributed by atoms with Gasteiger partial charge in [0.1, 0.15) is 5.60 Å². The maximum atomic E-state index is 10.1. The Bertz CT molecular complexity index is 186. The summed E-state index contributed by atoms with van der Waals surface area (Å²) in [5, 5.41) is 19.7. The minimum Gasteiger partial charge on any atom is -0.390 e. The molecule has 0 aromatic rings. The van der Waals surface area contributed by atoms with Crippen molar-refractivity contribution in [2.75, 3.05) is 0 Å². The van der Waals surface area contributed by atoms with Gasteiger partial charge in [0, 0.05) is 0 Å². The molecule has 2 N–H and O–H groups in total. The zero-order valence-corrected chi connectivity index (χ0v) is 7.88. The minimum atomic E-state index is -0.937. The molecular weight excluding hydrogens is 152 g/mol. The first kappa shape index (κ1) is 9.75. The topological polar surface area (TPSA) is 40.5 Å². The summed E-state index contributed by atoms with van der Waals surface area (Å²) < 4.78 is 0. The smallest absolute Gasteiger partial charge is 0.111 e. The second kappa shape index (κ2) is 3.58. The van der Waals surface area contributed by atoms with Crippen molar-refractivity contribution in [2.45, 2.75) is 51.2 Å². The van der Waals surface area contributed by atoms with Gasteiger partial charge in [-0.1, -0.05) is 18.9 Å². The fourth-order valence-electron chi connectivity index (χ4n) is 1.85. The van der Waals surface area contributed by atoms with Crippen molar-refractivity contribution >= 4 is 0 Å². The van der Waals surface area contributed by atoms with Gasteiger partial charge >= 0.3 is 0 Å². The lowest BCUT2D eigenvalue weighted by Gasteiger charge is -2.37. The number of aliphatic hydroxyl groups is 2. The summed E-state index contributed by atoms with van der Waals surface area (Å²) in [6, 6.07) is 0. The molecule has 1 saturated carbocycles. The van der Waals surface area contributed by atoms with Crippen molar-refractivity contribution in [3.8, 4) is 0 Å². The Kier molecular flexibility index (Phi) is 2.91. The Morgan fingerprint density at radius 3 is 2.67 bits per heavy atom. The van der Waals surface area contributed by atoms with E-state index >= 15 is 0 Å². The molecule has 70 valence electrons. The van der Waals surface area contributed by atoms with Crippen LogP contribution in [0.25, 0.3) is 0 Å². The van der Waals surface area contributed by atoms with Gasteiger partial charge in [-0.3, -0.25) is 0 Å². The average molecular weight is 170 g/mol.